The number of phosphoric ester groups is 1. The maximum atomic E-state index is 12.9. The fourth-order valence-electron chi connectivity index (χ4n) is 6.97. The molecule has 0 radical (unpaired) electrons. The minimum Gasteiger partial charge on any atom is -0.756 e. The number of allylic oxidation sites excluding steroid dienone is 8. The zero-order valence-electron chi connectivity index (χ0n) is 39.2. The summed E-state index contributed by atoms with van der Waals surface area (Å²) >= 11 is 0. The van der Waals surface area contributed by atoms with Crippen molar-refractivity contribution in [3.63, 3.8) is 0 Å². The lowest BCUT2D eigenvalue weighted by Crippen LogP contribution is -2.46. The number of amides is 1. The Morgan fingerprint density at radius 2 is 1.03 bits per heavy atom. The van der Waals surface area contributed by atoms with Crippen molar-refractivity contribution >= 4 is 13.7 Å². The van der Waals surface area contributed by atoms with Crippen molar-refractivity contribution in [2.24, 2.45) is 0 Å². The number of phosphoric acid groups is 1. The number of hydrogen-bond acceptors (Lipinski definition) is 6. The van der Waals surface area contributed by atoms with Crippen LogP contribution < -0.4 is 10.2 Å². The molecule has 0 saturated carbocycles. The van der Waals surface area contributed by atoms with E-state index in [9.17, 15) is 19.4 Å². The molecule has 0 spiro atoms. The number of nitrogens with zero attached hydrogens (tertiary/aromatic N) is 1. The molecule has 3 atom stereocenters. The number of carbonyl (C=O) groups excluding carboxylic acids is 1. The third kappa shape index (κ3) is 44.3. The van der Waals surface area contributed by atoms with Gasteiger partial charge in [0.1, 0.15) is 13.2 Å². The largest absolute Gasteiger partial charge is 0.756 e. The zero-order valence-corrected chi connectivity index (χ0v) is 40.1. The number of carbonyl (C=O) groups is 1. The van der Waals surface area contributed by atoms with Crippen LogP contribution in [0.15, 0.2) is 48.6 Å². The van der Waals surface area contributed by atoms with E-state index < -0.39 is 20.0 Å². The number of rotatable bonds is 44. The quantitative estimate of drug-likeness (QED) is 0.0274. The number of likely N-dealkylation sites (N-methyl/N-ethyl adjacent to an activating group) is 1. The van der Waals surface area contributed by atoms with Gasteiger partial charge in [0.05, 0.1) is 39.9 Å². The summed E-state index contributed by atoms with van der Waals surface area (Å²) in [6.07, 6.45) is 52.6. The molecule has 9 heteroatoms. The summed E-state index contributed by atoms with van der Waals surface area (Å²) in [5, 5.41) is 13.9. The van der Waals surface area contributed by atoms with Crippen molar-refractivity contribution in [3.8, 4) is 0 Å². The molecule has 3 unspecified atom stereocenters. The van der Waals surface area contributed by atoms with E-state index in [0.717, 1.165) is 77.0 Å². The van der Waals surface area contributed by atoms with Gasteiger partial charge in [-0.05, 0) is 51.4 Å². The highest BCUT2D eigenvalue weighted by molar-refractivity contribution is 7.45. The molecule has 0 aromatic carbocycles. The minimum atomic E-state index is -4.58. The number of quaternary nitrogens is 1. The van der Waals surface area contributed by atoms with Gasteiger partial charge in [0, 0.05) is 6.42 Å². The van der Waals surface area contributed by atoms with Crippen LogP contribution in [0, 0.1) is 0 Å². The Kier molecular flexibility index (Phi) is 40.7. The molecule has 0 bridgehead atoms. The van der Waals surface area contributed by atoms with Gasteiger partial charge in [-0.2, -0.15) is 0 Å². The van der Waals surface area contributed by atoms with E-state index in [1.807, 2.05) is 21.1 Å². The van der Waals surface area contributed by atoms with E-state index in [1.54, 1.807) is 0 Å². The maximum absolute atomic E-state index is 12.9. The van der Waals surface area contributed by atoms with Gasteiger partial charge in [-0.1, -0.05) is 204 Å². The van der Waals surface area contributed by atoms with Crippen molar-refractivity contribution in [1.29, 1.82) is 0 Å². The lowest BCUT2D eigenvalue weighted by atomic mass is 10.0. The van der Waals surface area contributed by atoms with E-state index in [2.05, 4.69) is 67.8 Å². The molecule has 0 fully saturated rings. The Hall–Kier alpha value is -1.54. The molecule has 1 amide bonds. The van der Waals surface area contributed by atoms with Crippen LogP contribution >= 0.6 is 7.82 Å². The van der Waals surface area contributed by atoms with Crippen LogP contribution in [-0.2, 0) is 18.4 Å². The van der Waals surface area contributed by atoms with Gasteiger partial charge in [-0.15, -0.1) is 0 Å². The SMILES string of the molecule is CC/C=C\C/C=C\C/C=C\C/C=C\CCCCCCC(=O)NC(COP(=O)([O-])OCC[N+](C)(C)C)C(O)CCCCCCCCCCCCCCCCCCCCCC. The topological polar surface area (TPSA) is 108 Å². The molecule has 59 heavy (non-hydrogen) atoms. The Morgan fingerprint density at radius 3 is 1.51 bits per heavy atom. The zero-order chi connectivity index (χ0) is 43.6. The van der Waals surface area contributed by atoms with Gasteiger partial charge in [-0.3, -0.25) is 9.36 Å². The molecular weight excluding hydrogens is 756 g/mol. The highest BCUT2D eigenvalue weighted by Gasteiger charge is 2.24. The van der Waals surface area contributed by atoms with Crippen LogP contribution in [0.5, 0.6) is 0 Å². The summed E-state index contributed by atoms with van der Waals surface area (Å²) in [5.41, 5.74) is 0. The molecule has 0 aliphatic rings. The first-order chi connectivity index (χ1) is 28.5. The summed E-state index contributed by atoms with van der Waals surface area (Å²) in [6, 6.07) is -0.815. The van der Waals surface area contributed by atoms with Crippen molar-refractivity contribution in [1.82, 2.24) is 5.32 Å². The standard InChI is InChI=1S/C50H95N2O6P/c1-6-8-10-12-14-16-18-20-22-24-25-26-28-29-31-33-35-37-39-41-43-49(53)48(47-58-59(55,56)57-46-45-52(3,4)5)51-50(54)44-42-40-38-36-34-32-30-27-23-21-19-17-15-13-11-9-7-2/h9,11,15,17,21,23,30,32,48-49,53H,6-8,10,12-14,16,18-20,22,24-29,31,33-47H2,1-5H3,(H-,51,54,55,56)/b11-9-,17-15-,23-21-,32-30-. The highest BCUT2D eigenvalue weighted by Crippen LogP contribution is 2.38. The summed E-state index contributed by atoms with van der Waals surface area (Å²) in [4.78, 5) is 25.4. The van der Waals surface area contributed by atoms with Gasteiger partial charge < -0.3 is 28.8 Å². The van der Waals surface area contributed by atoms with Gasteiger partial charge in [0.2, 0.25) is 5.91 Å². The maximum Gasteiger partial charge on any atom is 0.268 e. The van der Waals surface area contributed by atoms with Crippen molar-refractivity contribution in [3.05, 3.63) is 48.6 Å². The molecule has 0 aliphatic heterocycles. The number of aliphatic hydroxyl groups excluding tert-OH is 1. The molecule has 0 aromatic rings. The first kappa shape index (κ1) is 57.5. The predicted molar refractivity (Wildman–Crippen MR) is 251 cm³/mol. The van der Waals surface area contributed by atoms with E-state index in [0.29, 0.717) is 23.9 Å². The van der Waals surface area contributed by atoms with Crippen molar-refractivity contribution in [2.75, 3.05) is 40.9 Å². The average molecular weight is 851 g/mol. The lowest BCUT2D eigenvalue weighted by Gasteiger charge is -2.30. The number of aliphatic hydroxyl groups is 1. The smallest absolute Gasteiger partial charge is 0.268 e. The highest BCUT2D eigenvalue weighted by atomic mass is 31.2. The third-order valence-electron chi connectivity index (χ3n) is 10.8. The fraction of sp³-hybridized carbons (Fsp3) is 0.820. The Bertz CT molecular complexity index is 1100. The van der Waals surface area contributed by atoms with Crippen LogP contribution in [0.4, 0.5) is 0 Å². The summed E-state index contributed by atoms with van der Waals surface area (Å²) in [5.74, 6) is -0.188. The second-order valence-electron chi connectivity index (χ2n) is 17.8. The number of unbranched alkanes of at least 4 members (excludes halogenated alkanes) is 23. The molecule has 0 rings (SSSR count). The second-order valence-corrected chi connectivity index (χ2v) is 19.2. The van der Waals surface area contributed by atoms with Gasteiger partial charge >= 0.3 is 0 Å². The van der Waals surface area contributed by atoms with Crippen LogP contribution in [0.2, 0.25) is 0 Å². The normalized spacial score (nSPS) is 14.6. The van der Waals surface area contributed by atoms with Crippen LogP contribution in [0.3, 0.4) is 0 Å². The molecule has 0 aliphatic carbocycles. The van der Waals surface area contributed by atoms with Crippen molar-refractivity contribution < 1.29 is 32.9 Å². The predicted octanol–water partition coefficient (Wildman–Crippen LogP) is 13.4. The molecule has 0 heterocycles. The van der Waals surface area contributed by atoms with Gasteiger partial charge in [0.15, 0.2) is 0 Å². The first-order valence-electron chi connectivity index (χ1n) is 24.5. The fourth-order valence-corrected chi connectivity index (χ4v) is 7.69. The molecule has 0 saturated heterocycles. The van der Waals surface area contributed by atoms with Crippen LogP contribution in [0.1, 0.15) is 213 Å². The van der Waals surface area contributed by atoms with E-state index in [4.69, 9.17) is 9.05 Å². The van der Waals surface area contributed by atoms with E-state index >= 15 is 0 Å². The average Bonchev–Trinajstić information content (AvgIpc) is 3.19. The molecule has 2 N–H and O–H groups in total. The van der Waals surface area contributed by atoms with Gasteiger partial charge in [0.25, 0.3) is 7.82 Å². The lowest BCUT2D eigenvalue weighted by molar-refractivity contribution is -0.870. The van der Waals surface area contributed by atoms with E-state index in [1.165, 1.54) is 109 Å². The molecule has 346 valence electrons. The number of hydrogen-bond donors (Lipinski definition) is 2. The van der Waals surface area contributed by atoms with Gasteiger partial charge in [-0.25, -0.2) is 0 Å². The second kappa shape index (κ2) is 41.8. The van der Waals surface area contributed by atoms with E-state index in [-0.39, 0.29) is 19.1 Å². The molecule has 0 aromatic heterocycles. The molecule has 8 nitrogen and oxygen atoms in total. The Balaban J connectivity index is 4.33. The number of nitrogens with one attached hydrogen (secondary N) is 1. The van der Waals surface area contributed by atoms with Crippen LogP contribution in [0.25, 0.3) is 0 Å². The molecular formula is C50H95N2O6P. The van der Waals surface area contributed by atoms with Crippen LogP contribution in [-0.4, -0.2) is 68.5 Å². The summed E-state index contributed by atoms with van der Waals surface area (Å²) in [6.45, 7) is 4.59. The Morgan fingerprint density at radius 1 is 0.610 bits per heavy atom. The van der Waals surface area contributed by atoms with Crippen molar-refractivity contribution in [2.45, 2.75) is 225 Å². The summed E-state index contributed by atoms with van der Waals surface area (Å²) < 4.78 is 23.3. The monoisotopic (exact) mass is 851 g/mol. The minimum absolute atomic E-state index is 0.00550. The summed E-state index contributed by atoms with van der Waals surface area (Å²) in [7, 11) is 1.28. The first-order valence-corrected chi connectivity index (χ1v) is 25.9. The Labute approximate surface area is 365 Å². The third-order valence-corrected chi connectivity index (χ3v) is 11.8.